The average molecular weight is 337 g/mol. The van der Waals surface area contributed by atoms with E-state index in [-0.39, 0.29) is 5.78 Å². The standard InChI is InChI=1S/C19H15NO3S/c21-16(7-8-18-19-17(13-24-18)22-11-12-23-19)14-3-5-15(6-4-14)20-9-1-2-10-20/h1-10,13H,11-12H2. The van der Waals surface area contributed by atoms with Crippen molar-refractivity contribution in [3.05, 3.63) is 70.7 Å². The van der Waals surface area contributed by atoms with Crippen LogP contribution in [0.5, 0.6) is 11.5 Å². The molecular formula is C19H15NO3S. The van der Waals surface area contributed by atoms with Crippen LogP contribution in [0.4, 0.5) is 0 Å². The Hall–Kier alpha value is -2.79. The van der Waals surface area contributed by atoms with Crippen molar-refractivity contribution < 1.29 is 14.3 Å². The van der Waals surface area contributed by atoms with Crippen molar-refractivity contribution >= 4 is 23.2 Å². The predicted molar refractivity (Wildman–Crippen MR) is 94.4 cm³/mol. The topological polar surface area (TPSA) is 40.5 Å². The molecule has 0 N–H and O–H groups in total. The van der Waals surface area contributed by atoms with Gasteiger partial charge in [-0.15, -0.1) is 11.3 Å². The van der Waals surface area contributed by atoms with Crippen LogP contribution < -0.4 is 9.47 Å². The summed E-state index contributed by atoms with van der Waals surface area (Å²) in [6, 6.07) is 11.5. The van der Waals surface area contributed by atoms with E-state index in [1.165, 1.54) is 11.3 Å². The van der Waals surface area contributed by atoms with Crippen molar-refractivity contribution in [1.29, 1.82) is 0 Å². The SMILES string of the molecule is O=C(C=Cc1scc2c1OCCO2)c1ccc(-n2cccc2)cc1. The van der Waals surface area contributed by atoms with Gasteiger partial charge in [0.1, 0.15) is 13.2 Å². The highest BCUT2D eigenvalue weighted by molar-refractivity contribution is 7.11. The first kappa shape index (κ1) is 14.8. The van der Waals surface area contributed by atoms with Crippen LogP contribution in [0.25, 0.3) is 11.8 Å². The third-order valence-corrected chi connectivity index (χ3v) is 4.68. The number of thiophene rings is 1. The van der Waals surface area contributed by atoms with Gasteiger partial charge in [-0.3, -0.25) is 4.79 Å². The Morgan fingerprint density at radius 2 is 1.83 bits per heavy atom. The van der Waals surface area contributed by atoms with Gasteiger partial charge in [0.05, 0.1) is 4.88 Å². The van der Waals surface area contributed by atoms with Gasteiger partial charge in [0.2, 0.25) is 0 Å². The Balaban J connectivity index is 1.51. The van der Waals surface area contributed by atoms with Gasteiger partial charge in [-0.1, -0.05) is 0 Å². The number of allylic oxidation sites excluding steroid dienone is 1. The van der Waals surface area contributed by atoms with E-state index in [1.807, 2.05) is 58.7 Å². The van der Waals surface area contributed by atoms with E-state index < -0.39 is 0 Å². The zero-order valence-corrected chi connectivity index (χ0v) is 13.7. The molecule has 0 saturated carbocycles. The number of ketones is 1. The Labute approximate surface area is 143 Å². The summed E-state index contributed by atoms with van der Waals surface area (Å²) < 4.78 is 13.1. The first-order valence-corrected chi connectivity index (χ1v) is 8.52. The van der Waals surface area contributed by atoms with Crippen molar-refractivity contribution in [2.75, 3.05) is 13.2 Å². The maximum Gasteiger partial charge on any atom is 0.185 e. The number of aromatic nitrogens is 1. The molecule has 0 radical (unpaired) electrons. The average Bonchev–Trinajstić information content (AvgIpc) is 3.30. The van der Waals surface area contributed by atoms with Crippen molar-refractivity contribution in [2.24, 2.45) is 0 Å². The summed E-state index contributed by atoms with van der Waals surface area (Å²) in [7, 11) is 0. The number of rotatable bonds is 4. The molecule has 1 aliphatic rings. The zero-order valence-electron chi connectivity index (χ0n) is 12.8. The van der Waals surface area contributed by atoms with Crippen LogP contribution in [0.15, 0.2) is 60.2 Å². The maximum atomic E-state index is 12.3. The Kier molecular flexibility index (Phi) is 3.92. The van der Waals surface area contributed by atoms with E-state index in [0.717, 1.165) is 22.1 Å². The molecule has 0 saturated heterocycles. The molecule has 24 heavy (non-hydrogen) atoms. The number of carbonyl (C=O) groups is 1. The van der Waals surface area contributed by atoms with Crippen molar-refractivity contribution in [1.82, 2.24) is 4.57 Å². The monoisotopic (exact) mass is 337 g/mol. The fraction of sp³-hybridized carbons (Fsp3) is 0.105. The lowest BCUT2D eigenvalue weighted by atomic mass is 10.1. The molecule has 3 aromatic rings. The third-order valence-electron chi connectivity index (χ3n) is 3.77. The van der Waals surface area contributed by atoms with Crippen LogP contribution in [-0.4, -0.2) is 23.6 Å². The Bertz CT molecular complexity index is 876. The molecule has 4 rings (SSSR count). The lowest BCUT2D eigenvalue weighted by Gasteiger charge is -2.15. The Morgan fingerprint density at radius 1 is 1.08 bits per heavy atom. The number of hydrogen-bond acceptors (Lipinski definition) is 4. The minimum atomic E-state index is -0.0343. The number of fused-ring (bicyclic) bond motifs is 1. The molecule has 0 bridgehead atoms. The zero-order chi connectivity index (χ0) is 16.4. The van der Waals surface area contributed by atoms with Crippen LogP contribution >= 0.6 is 11.3 Å². The van der Waals surface area contributed by atoms with Gasteiger partial charge < -0.3 is 14.0 Å². The largest absolute Gasteiger partial charge is 0.485 e. The number of carbonyl (C=O) groups excluding carboxylic acids is 1. The number of hydrogen-bond donors (Lipinski definition) is 0. The van der Waals surface area contributed by atoms with Gasteiger partial charge in [0, 0.05) is 29.0 Å². The summed E-state index contributed by atoms with van der Waals surface area (Å²) in [6.07, 6.45) is 7.31. The molecule has 0 spiro atoms. The quantitative estimate of drug-likeness (QED) is 0.529. The van der Waals surface area contributed by atoms with E-state index in [9.17, 15) is 4.79 Å². The second kappa shape index (κ2) is 6.37. The summed E-state index contributed by atoms with van der Waals surface area (Å²) in [6.45, 7) is 1.11. The van der Waals surface area contributed by atoms with Gasteiger partial charge >= 0.3 is 0 Å². The molecule has 1 aliphatic heterocycles. The molecular weight excluding hydrogens is 322 g/mol. The molecule has 2 aromatic heterocycles. The lowest BCUT2D eigenvalue weighted by Crippen LogP contribution is -2.14. The Morgan fingerprint density at radius 3 is 2.62 bits per heavy atom. The fourth-order valence-corrected chi connectivity index (χ4v) is 3.37. The first-order chi connectivity index (χ1) is 11.8. The van der Waals surface area contributed by atoms with E-state index in [0.29, 0.717) is 18.8 Å². The van der Waals surface area contributed by atoms with Crippen LogP contribution in [-0.2, 0) is 0 Å². The van der Waals surface area contributed by atoms with Crippen LogP contribution in [0.3, 0.4) is 0 Å². The molecule has 1 aromatic carbocycles. The third kappa shape index (κ3) is 2.86. The normalized spacial score (nSPS) is 13.3. The molecule has 3 heterocycles. The molecule has 0 aliphatic carbocycles. The van der Waals surface area contributed by atoms with E-state index in [1.54, 1.807) is 12.2 Å². The van der Waals surface area contributed by atoms with Crippen molar-refractivity contribution in [3.8, 4) is 17.2 Å². The van der Waals surface area contributed by atoms with Gasteiger partial charge in [-0.05, 0) is 48.6 Å². The van der Waals surface area contributed by atoms with E-state index in [4.69, 9.17) is 9.47 Å². The van der Waals surface area contributed by atoms with Crippen LogP contribution in [0.2, 0.25) is 0 Å². The first-order valence-electron chi connectivity index (χ1n) is 7.64. The molecule has 0 unspecified atom stereocenters. The van der Waals surface area contributed by atoms with E-state index >= 15 is 0 Å². The second-order valence-electron chi connectivity index (χ2n) is 5.33. The highest BCUT2D eigenvalue weighted by atomic mass is 32.1. The highest BCUT2D eigenvalue weighted by Crippen LogP contribution is 2.40. The van der Waals surface area contributed by atoms with Gasteiger partial charge in [0.25, 0.3) is 0 Å². The van der Waals surface area contributed by atoms with Gasteiger partial charge in [-0.25, -0.2) is 0 Å². The van der Waals surface area contributed by atoms with Crippen LogP contribution in [0, 0.1) is 0 Å². The molecule has 0 amide bonds. The summed E-state index contributed by atoms with van der Waals surface area (Å²) >= 11 is 1.51. The molecule has 4 nitrogen and oxygen atoms in total. The summed E-state index contributed by atoms with van der Waals surface area (Å²) in [5.41, 5.74) is 1.68. The summed E-state index contributed by atoms with van der Waals surface area (Å²) in [5, 5.41) is 1.91. The molecule has 120 valence electrons. The summed E-state index contributed by atoms with van der Waals surface area (Å²) in [4.78, 5) is 13.2. The van der Waals surface area contributed by atoms with Crippen LogP contribution in [0.1, 0.15) is 15.2 Å². The highest BCUT2D eigenvalue weighted by Gasteiger charge is 2.17. The number of ether oxygens (including phenoxy) is 2. The van der Waals surface area contributed by atoms with Crippen molar-refractivity contribution in [2.45, 2.75) is 0 Å². The maximum absolute atomic E-state index is 12.3. The van der Waals surface area contributed by atoms with Gasteiger partial charge in [-0.2, -0.15) is 0 Å². The predicted octanol–water partition coefficient (Wildman–Crippen LogP) is 4.21. The molecule has 0 atom stereocenters. The molecule has 0 fully saturated rings. The van der Waals surface area contributed by atoms with Crippen molar-refractivity contribution in [3.63, 3.8) is 0 Å². The van der Waals surface area contributed by atoms with Gasteiger partial charge in [0.15, 0.2) is 17.3 Å². The second-order valence-corrected chi connectivity index (χ2v) is 6.24. The lowest BCUT2D eigenvalue weighted by molar-refractivity contribution is 0.104. The number of benzene rings is 1. The smallest absolute Gasteiger partial charge is 0.185 e. The number of nitrogens with zero attached hydrogens (tertiary/aromatic N) is 1. The minimum absolute atomic E-state index is 0.0343. The minimum Gasteiger partial charge on any atom is -0.485 e. The summed E-state index contributed by atoms with van der Waals surface area (Å²) in [5.74, 6) is 1.46. The van der Waals surface area contributed by atoms with E-state index in [2.05, 4.69) is 0 Å². The fourth-order valence-electron chi connectivity index (χ4n) is 2.55. The molecule has 5 heteroatoms.